The van der Waals surface area contributed by atoms with Crippen LogP contribution >= 0.6 is 15.9 Å². The zero-order valence-electron chi connectivity index (χ0n) is 9.01. The van der Waals surface area contributed by atoms with E-state index in [0.717, 1.165) is 26.5 Å². The van der Waals surface area contributed by atoms with Crippen molar-refractivity contribution in [1.29, 1.82) is 0 Å². The van der Waals surface area contributed by atoms with E-state index in [0.29, 0.717) is 13.0 Å². The minimum absolute atomic E-state index is 0.0395. The Labute approximate surface area is 102 Å². The van der Waals surface area contributed by atoms with Crippen LogP contribution in [0.4, 0.5) is 0 Å². The van der Waals surface area contributed by atoms with Gasteiger partial charge in [-0.1, -0.05) is 12.1 Å². The van der Waals surface area contributed by atoms with E-state index >= 15 is 0 Å². The molecule has 0 saturated heterocycles. The van der Waals surface area contributed by atoms with Crippen molar-refractivity contribution < 1.29 is 0 Å². The summed E-state index contributed by atoms with van der Waals surface area (Å²) in [6.45, 7) is 2.46. The second-order valence-electron chi connectivity index (χ2n) is 3.76. The molecule has 0 aliphatic carbocycles. The Balaban J connectivity index is 2.84. The van der Waals surface area contributed by atoms with E-state index in [2.05, 4.69) is 20.9 Å². The van der Waals surface area contributed by atoms with Crippen molar-refractivity contribution in [2.75, 3.05) is 6.54 Å². The fourth-order valence-electron chi connectivity index (χ4n) is 1.93. The van der Waals surface area contributed by atoms with Crippen LogP contribution in [0.5, 0.6) is 0 Å². The lowest BCUT2D eigenvalue weighted by Gasteiger charge is -2.08. The number of hydrogen-bond acceptors (Lipinski definition) is 2. The molecule has 0 bridgehead atoms. The van der Waals surface area contributed by atoms with E-state index in [-0.39, 0.29) is 5.56 Å². The Morgan fingerprint density at radius 3 is 2.88 bits per heavy atom. The van der Waals surface area contributed by atoms with E-state index in [1.165, 1.54) is 0 Å². The van der Waals surface area contributed by atoms with Crippen molar-refractivity contribution in [3.63, 3.8) is 0 Å². The molecule has 2 rings (SSSR count). The van der Waals surface area contributed by atoms with Crippen molar-refractivity contribution >= 4 is 26.8 Å². The number of hydrogen-bond donors (Lipinski definition) is 2. The number of fused-ring (bicyclic) bond motifs is 1. The summed E-state index contributed by atoms with van der Waals surface area (Å²) in [6, 6.07) is 5.88. The van der Waals surface area contributed by atoms with Crippen LogP contribution in [0.1, 0.15) is 11.1 Å². The van der Waals surface area contributed by atoms with Crippen LogP contribution in [-0.4, -0.2) is 11.5 Å². The highest BCUT2D eigenvalue weighted by Gasteiger charge is 2.09. The van der Waals surface area contributed by atoms with E-state index in [9.17, 15) is 4.79 Å². The average molecular weight is 281 g/mol. The van der Waals surface area contributed by atoms with Crippen molar-refractivity contribution in [2.24, 2.45) is 5.73 Å². The Bertz CT molecular complexity index is 589. The van der Waals surface area contributed by atoms with E-state index in [4.69, 9.17) is 5.73 Å². The highest BCUT2D eigenvalue weighted by Crippen LogP contribution is 2.24. The van der Waals surface area contributed by atoms with Crippen LogP contribution in [0.15, 0.2) is 27.5 Å². The van der Waals surface area contributed by atoms with Gasteiger partial charge in [-0.2, -0.15) is 0 Å². The van der Waals surface area contributed by atoms with Crippen LogP contribution in [0.2, 0.25) is 0 Å². The average Bonchev–Trinajstić information content (AvgIpc) is 2.26. The van der Waals surface area contributed by atoms with Crippen LogP contribution in [0.3, 0.4) is 0 Å². The van der Waals surface area contributed by atoms with Crippen LogP contribution in [0, 0.1) is 6.92 Å². The molecule has 3 N–H and O–H groups in total. The summed E-state index contributed by atoms with van der Waals surface area (Å²) in [6.07, 6.45) is 0.615. The van der Waals surface area contributed by atoms with Gasteiger partial charge in [0.15, 0.2) is 0 Å². The molecular weight excluding hydrogens is 268 g/mol. The Morgan fingerprint density at radius 1 is 1.44 bits per heavy atom. The first-order valence-electron chi connectivity index (χ1n) is 5.15. The van der Waals surface area contributed by atoms with Gasteiger partial charge in [-0.3, -0.25) is 4.79 Å². The smallest absolute Gasteiger partial charge is 0.251 e. The first kappa shape index (κ1) is 11.4. The molecule has 1 aromatic carbocycles. The summed E-state index contributed by atoms with van der Waals surface area (Å²) >= 11 is 3.43. The van der Waals surface area contributed by atoms with Gasteiger partial charge >= 0.3 is 0 Å². The van der Waals surface area contributed by atoms with Crippen molar-refractivity contribution in [3.8, 4) is 0 Å². The third kappa shape index (κ3) is 1.79. The first-order chi connectivity index (χ1) is 7.65. The zero-order valence-corrected chi connectivity index (χ0v) is 10.6. The molecule has 1 aromatic heterocycles. The predicted molar refractivity (Wildman–Crippen MR) is 69.8 cm³/mol. The molecule has 1 heterocycles. The molecule has 0 saturated carbocycles. The van der Waals surface area contributed by atoms with Gasteiger partial charge in [0, 0.05) is 15.4 Å². The van der Waals surface area contributed by atoms with Crippen molar-refractivity contribution in [3.05, 3.63) is 44.2 Å². The third-order valence-electron chi connectivity index (χ3n) is 2.78. The van der Waals surface area contributed by atoms with Crippen LogP contribution in [-0.2, 0) is 6.42 Å². The lowest BCUT2D eigenvalue weighted by Crippen LogP contribution is -2.18. The first-order valence-corrected chi connectivity index (χ1v) is 5.94. The SMILES string of the molecule is Cc1c(CCN)c(=O)[nH]c2c(Br)cccc12. The number of H-pyrrole nitrogens is 1. The Hall–Kier alpha value is -1.13. The van der Waals surface area contributed by atoms with Gasteiger partial charge in [0.25, 0.3) is 5.56 Å². The normalized spacial score (nSPS) is 10.9. The zero-order chi connectivity index (χ0) is 11.7. The second kappa shape index (κ2) is 4.39. The molecule has 84 valence electrons. The molecule has 2 aromatic rings. The number of pyridine rings is 1. The summed E-state index contributed by atoms with van der Waals surface area (Å²) in [4.78, 5) is 14.8. The number of aromatic amines is 1. The second-order valence-corrected chi connectivity index (χ2v) is 4.61. The highest BCUT2D eigenvalue weighted by atomic mass is 79.9. The summed E-state index contributed by atoms with van der Waals surface area (Å²) in [5.74, 6) is 0. The maximum Gasteiger partial charge on any atom is 0.251 e. The molecule has 16 heavy (non-hydrogen) atoms. The minimum Gasteiger partial charge on any atom is -0.330 e. The highest BCUT2D eigenvalue weighted by molar-refractivity contribution is 9.10. The predicted octanol–water partition coefficient (Wildman–Crippen LogP) is 2.10. The lowest BCUT2D eigenvalue weighted by atomic mass is 10.0. The summed E-state index contributed by atoms with van der Waals surface area (Å²) in [7, 11) is 0. The molecule has 4 heteroatoms. The lowest BCUT2D eigenvalue weighted by molar-refractivity contribution is 0.937. The van der Waals surface area contributed by atoms with E-state index in [1.54, 1.807) is 0 Å². The number of aryl methyl sites for hydroxylation is 1. The fourth-order valence-corrected chi connectivity index (χ4v) is 2.40. The number of nitrogens with one attached hydrogen (secondary N) is 1. The van der Waals surface area contributed by atoms with E-state index in [1.807, 2.05) is 25.1 Å². The molecule has 0 radical (unpaired) electrons. The van der Waals surface area contributed by atoms with Gasteiger partial charge in [-0.25, -0.2) is 0 Å². The van der Waals surface area contributed by atoms with Crippen molar-refractivity contribution in [2.45, 2.75) is 13.3 Å². The fraction of sp³-hybridized carbons (Fsp3) is 0.250. The third-order valence-corrected chi connectivity index (χ3v) is 3.44. The largest absolute Gasteiger partial charge is 0.330 e. The summed E-state index contributed by atoms with van der Waals surface area (Å²) in [5, 5.41) is 1.07. The Morgan fingerprint density at radius 2 is 2.19 bits per heavy atom. The number of nitrogens with two attached hydrogens (primary N) is 1. The topological polar surface area (TPSA) is 58.9 Å². The van der Waals surface area contributed by atoms with Gasteiger partial charge in [0.1, 0.15) is 0 Å². The minimum atomic E-state index is -0.0395. The molecule has 0 amide bonds. The molecule has 0 aliphatic heterocycles. The van der Waals surface area contributed by atoms with Crippen LogP contribution in [0.25, 0.3) is 10.9 Å². The maximum atomic E-state index is 11.9. The van der Waals surface area contributed by atoms with Gasteiger partial charge in [-0.05, 0) is 47.4 Å². The molecule has 0 fully saturated rings. The quantitative estimate of drug-likeness (QED) is 0.885. The van der Waals surface area contributed by atoms with Crippen LogP contribution < -0.4 is 11.3 Å². The van der Waals surface area contributed by atoms with Gasteiger partial charge in [0.05, 0.1) is 5.52 Å². The monoisotopic (exact) mass is 280 g/mol. The Kier molecular flexibility index (Phi) is 3.12. The standard InChI is InChI=1S/C12H13BrN2O/c1-7-8-3-2-4-10(13)11(8)15-12(16)9(7)5-6-14/h2-4H,5-6,14H2,1H3,(H,15,16). The number of rotatable bonds is 2. The number of halogens is 1. The number of benzene rings is 1. The van der Waals surface area contributed by atoms with E-state index < -0.39 is 0 Å². The summed E-state index contributed by atoms with van der Waals surface area (Å²) in [5.41, 5.74) is 8.13. The van der Waals surface area contributed by atoms with Gasteiger partial charge in [0.2, 0.25) is 0 Å². The molecule has 0 aliphatic rings. The van der Waals surface area contributed by atoms with Crippen molar-refractivity contribution in [1.82, 2.24) is 4.98 Å². The number of para-hydroxylation sites is 1. The van der Waals surface area contributed by atoms with Gasteiger partial charge in [-0.15, -0.1) is 0 Å². The van der Waals surface area contributed by atoms with Gasteiger partial charge < -0.3 is 10.7 Å². The summed E-state index contributed by atoms with van der Waals surface area (Å²) < 4.78 is 0.907. The molecule has 3 nitrogen and oxygen atoms in total. The molecule has 0 unspecified atom stereocenters. The molecular formula is C12H13BrN2O. The molecule has 0 atom stereocenters. The number of aromatic nitrogens is 1. The molecule has 0 spiro atoms. The maximum absolute atomic E-state index is 11.9.